The second-order valence-corrected chi connectivity index (χ2v) is 7.89. The molecule has 0 aliphatic heterocycles. The van der Waals surface area contributed by atoms with E-state index in [1.165, 1.54) is 16.9 Å². The smallest absolute Gasteiger partial charge is 0.230 e. The number of carbonyl (C=O) groups excluding carboxylic acids is 1. The summed E-state index contributed by atoms with van der Waals surface area (Å²) < 4.78 is 0. The highest BCUT2D eigenvalue weighted by Crippen LogP contribution is 2.31. The fourth-order valence-electron chi connectivity index (χ4n) is 3.04. The highest BCUT2D eigenvalue weighted by Gasteiger charge is 2.20. The first-order chi connectivity index (χ1) is 13.5. The van der Waals surface area contributed by atoms with Gasteiger partial charge < -0.3 is 5.32 Å². The number of nitrogens with one attached hydrogen (secondary N) is 1. The monoisotopic (exact) mass is 413 g/mol. The summed E-state index contributed by atoms with van der Waals surface area (Å²) in [5, 5.41) is 6.91. The summed E-state index contributed by atoms with van der Waals surface area (Å²) >= 11 is 7.44. The third-order valence-electron chi connectivity index (χ3n) is 4.62. The summed E-state index contributed by atoms with van der Waals surface area (Å²) in [6, 6.07) is 16.0. The number of aromatic nitrogens is 1. The highest BCUT2D eigenvalue weighted by atomic mass is 35.5. The number of hydrogen-bond acceptors (Lipinski definition) is 4. The Labute approximate surface area is 175 Å². The van der Waals surface area contributed by atoms with E-state index in [9.17, 15) is 4.79 Å². The van der Waals surface area contributed by atoms with Gasteiger partial charge in [0.2, 0.25) is 5.91 Å². The van der Waals surface area contributed by atoms with E-state index in [4.69, 9.17) is 16.6 Å². The van der Waals surface area contributed by atoms with Crippen LogP contribution in [0.1, 0.15) is 43.6 Å². The number of thiazole rings is 1. The average molecular weight is 414 g/mol. The first kappa shape index (κ1) is 20.5. The van der Waals surface area contributed by atoms with Gasteiger partial charge >= 0.3 is 0 Å². The zero-order valence-electron chi connectivity index (χ0n) is 16.3. The van der Waals surface area contributed by atoms with E-state index in [0.29, 0.717) is 11.7 Å². The van der Waals surface area contributed by atoms with Crippen molar-refractivity contribution in [1.82, 2.24) is 10.3 Å². The molecule has 0 aliphatic carbocycles. The molecule has 0 unspecified atom stereocenters. The normalized spacial score (nSPS) is 12.0. The lowest BCUT2D eigenvalue weighted by Gasteiger charge is -2.21. The number of para-hydroxylation sites is 1. The summed E-state index contributed by atoms with van der Waals surface area (Å²) in [5.74, 6) is -0.0377. The van der Waals surface area contributed by atoms with Gasteiger partial charge in [-0.05, 0) is 42.7 Å². The topological polar surface area (TPSA) is 45.2 Å². The van der Waals surface area contributed by atoms with Gasteiger partial charge in [0.1, 0.15) is 0 Å². The van der Waals surface area contributed by atoms with Crippen molar-refractivity contribution < 1.29 is 4.79 Å². The van der Waals surface area contributed by atoms with Crippen molar-refractivity contribution in [3.05, 3.63) is 75.8 Å². The number of amides is 1. The molecule has 1 aromatic heterocycles. The molecule has 1 atom stereocenters. The van der Waals surface area contributed by atoms with Gasteiger partial charge in [-0.25, -0.2) is 4.98 Å². The predicted molar refractivity (Wildman–Crippen MR) is 117 cm³/mol. The van der Waals surface area contributed by atoms with Crippen molar-refractivity contribution in [2.24, 2.45) is 0 Å². The molecule has 1 N–H and O–H groups in total. The van der Waals surface area contributed by atoms with Gasteiger partial charge in [-0.15, -0.1) is 11.3 Å². The molecule has 1 heterocycles. The predicted octanol–water partition coefficient (Wildman–Crippen LogP) is 5.89. The fraction of sp³-hybridized carbons (Fsp3) is 0.273. The molecule has 0 aliphatic rings. The number of benzene rings is 2. The molecule has 6 heteroatoms. The molecule has 28 heavy (non-hydrogen) atoms. The highest BCUT2D eigenvalue weighted by molar-refractivity contribution is 7.14. The molecule has 4 nitrogen and oxygen atoms in total. The van der Waals surface area contributed by atoms with E-state index in [2.05, 4.69) is 25.2 Å². The zero-order valence-corrected chi connectivity index (χ0v) is 17.8. The van der Waals surface area contributed by atoms with Crippen LogP contribution in [0.15, 0.2) is 53.9 Å². The lowest BCUT2D eigenvalue weighted by Crippen LogP contribution is -2.24. The standard InChI is InChI=1S/C22H24ClN3OS/c1-4-17-7-5-6-8-21(17)26(16(3)27)22-25-20(14-28-22)13-24-15(2)18-9-11-19(23)12-10-18/h5-12,14-15,24H,4,13H2,1-3H3/t15-/m0/s1. The molecule has 0 saturated carbocycles. The van der Waals surface area contributed by atoms with Gasteiger partial charge in [-0.3, -0.25) is 9.69 Å². The van der Waals surface area contributed by atoms with E-state index < -0.39 is 0 Å². The van der Waals surface area contributed by atoms with E-state index in [-0.39, 0.29) is 11.9 Å². The maximum atomic E-state index is 12.4. The molecule has 3 aromatic rings. The molecule has 0 saturated heterocycles. The number of aryl methyl sites for hydroxylation is 1. The van der Waals surface area contributed by atoms with Gasteiger partial charge in [0.15, 0.2) is 5.13 Å². The molecule has 0 fully saturated rings. The Morgan fingerprint density at radius 3 is 2.61 bits per heavy atom. The van der Waals surface area contributed by atoms with Crippen molar-refractivity contribution in [3.8, 4) is 0 Å². The summed E-state index contributed by atoms with van der Waals surface area (Å²) in [6.07, 6.45) is 0.859. The lowest BCUT2D eigenvalue weighted by molar-refractivity contribution is -0.115. The number of carbonyl (C=O) groups is 1. The number of halogens is 1. The van der Waals surface area contributed by atoms with Gasteiger partial charge in [0, 0.05) is 29.9 Å². The van der Waals surface area contributed by atoms with E-state index >= 15 is 0 Å². The third kappa shape index (κ3) is 4.79. The van der Waals surface area contributed by atoms with Crippen LogP contribution in [0.4, 0.5) is 10.8 Å². The van der Waals surface area contributed by atoms with Crippen LogP contribution in [0.25, 0.3) is 0 Å². The van der Waals surface area contributed by atoms with Crippen LogP contribution in [0.3, 0.4) is 0 Å². The van der Waals surface area contributed by atoms with Gasteiger partial charge in [-0.1, -0.05) is 48.9 Å². The zero-order chi connectivity index (χ0) is 20.1. The Morgan fingerprint density at radius 2 is 1.93 bits per heavy atom. The van der Waals surface area contributed by atoms with E-state index in [0.717, 1.165) is 28.4 Å². The van der Waals surface area contributed by atoms with Crippen LogP contribution in [-0.4, -0.2) is 10.9 Å². The van der Waals surface area contributed by atoms with Crippen LogP contribution in [-0.2, 0) is 17.8 Å². The maximum Gasteiger partial charge on any atom is 0.230 e. The maximum absolute atomic E-state index is 12.4. The third-order valence-corrected chi connectivity index (χ3v) is 5.75. The molecule has 146 valence electrons. The molecular formula is C22H24ClN3OS. The van der Waals surface area contributed by atoms with Crippen molar-refractivity contribution in [1.29, 1.82) is 0 Å². The lowest BCUT2D eigenvalue weighted by atomic mass is 10.1. The minimum absolute atomic E-state index is 0.0377. The van der Waals surface area contributed by atoms with Gasteiger partial charge in [0.05, 0.1) is 11.4 Å². The second kappa shape index (κ2) is 9.32. The first-order valence-electron chi connectivity index (χ1n) is 9.31. The van der Waals surface area contributed by atoms with Crippen LogP contribution < -0.4 is 10.2 Å². The van der Waals surface area contributed by atoms with Crippen molar-refractivity contribution in [3.63, 3.8) is 0 Å². The summed E-state index contributed by atoms with van der Waals surface area (Å²) in [6.45, 7) is 6.40. The number of hydrogen-bond donors (Lipinski definition) is 1. The molecule has 1 amide bonds. The molecule has 2 aromatic carbocycles. The number of nitrogens with zero attached hydrogens (tertiary/aromatic N) is 2. The summed E-state index contributed by atoms with van der Waals surface area (Å²) in [5.41, 5.74) is 4.12. The fourth-order valence-corrected chi connectivity index (χ4v) is 4.05. The van der Waals surface area contributed by atoms with Gasteiger partial charge in [-0.2, -0.15) is 0 Å². The van der Waals surface area contributed by atoms with Crippen LogP contribution in [0.2, 0.25) is 5.02 Å². The summed E-state index contributed by atoms with van der Waals surface area (Å²) in [7, 11) is 0. The number of rotatable bonds is 7. The summed E-state index contributed by atoms with van der Waals surface area (Å²) in [4.78, 5) is 18.8. The van der Waals surface area contributed by atoms with E-state index in [1.807, 2.05) is 47.8 Å². The van der Waals surface area contributed by atoms with Crippen LogP contribution >= 0.6 is 22.9 Å². The Kier molecular flexibility index (Phi) is 6.83. The SMILES string of the molecule is CCc1ccccc1N(C(C)=O)c1nc(CN[C@@H](C)c2ccc(Cl)cc2)cs1. The molecule has 0 bridgehead atoms. The molecule has 0 spiro atoms. The molecular weight excluding hydrogens is 390 g/mol. The largest absolute Gasteiger partial charge is 0.305 e. The second-order valence-electron chi connectivity index (χ2n) is 6.61. The van der Waals surface area contributed by atoms with Gasteiger partial charge in [0.25, 0.3) is 0 Å². The first-order valence-corrected chi connectivity index (χ1v) is 10.6. The minimum Gasteiger partial charge on any atom is -0.305 e. The van der Waals surface area contributed by atoms with Crippen molar-refractivity contribution in [2.45, 2.75) is 39.8 Å². The van der Waals surface area contributed by atoms with E-state index in [1.54, 1.807) is 11.8 Å². The van der Waals surface area contributed by atoms with Crippen molar-refractivity contribution >= 4 is 39.7 Å². The molecule has 3 rings (SSSR count). The number of anilines is 2. The Morgan fingerprint density at radius 1 is 1.21 bits per heavy atom. The minimum atomic E-state index is -0.0377. The quantitative estimate of drug-likeness (QED) is 0.524. The Balaban J connectivity index is 1.74. The Bertz CT molecular complexity index is 939. The van der Waals surface area contributed by atoms with Crippen molar-refractivity contribution in [2.75, 3.05) is 4.90 Å². The van der Waals surface area contributed by atoms with Crippen LogP contribution in [0, 0.1) is 0 Å². The van der Waals surface area contributed by atoms with Crippen LogP contribution in [0.5, 0.6) is 0 Å². The molecule has 0 radical (unpaired) electrons. The Hall–Kier alpha value is -2.21. The average Bonchev–Trinajstić information content (AvgIpc) is 3.15.